The molecule has 0 fully saturated rings. The van der Waals surface area contributed by atoms with Gasteiger partial charge in [-0.3, -0.25) is 10.1 Å². The number of rotatable bonds is 5. The Labute approximate surface area is 136 Å². The molecule has 22 heavy (non-hydrogen) atoms. The summed E-state index contributed by atoms with van der Waals surface area (Å²) in [5, 5.41) is 11.0. The summed E-state index contributed by atoms with van der Waals surface area (Å²) < 4.78 is 27.0. The first-order chi connectivity index (χ1) is 10.3. The van der Waals surface area contributed by atoms with Crippen LogP contribution in [0.1, 0.15) is 5.56 Å². The van der Waals surface area contributed by atoms with Crippen LogP contribution in [-0.2, 0) is 16.6 Å². The molecule has 0 aliphatic heterocycles. The first kappa shape index (κ1) is 16.6. The maximum Gasteiger partial charge on any atom is 0.289 e. The topological polar surface area (TPSA) is 80.5 Å². The van der Waals surface area contributed by atoms with Gasteiger partial charge >= 0.3 is 0 Å². The maximum atomic E-state index is 12.6. The van der Waals surface area contributed by atoms with Crippen LogP contribution in [0.3, 0.4) is 0 Å². The van der Waals surface area contributed by atoms with Crippen molar-refractivity contribution in [3.63, 3.8) is 0 Å². The average molecular weight is 385 g/mol. The number of nitro benzene ring substituents is 1. The van der Waals surface area contributed by atoms with Crippen molar-refractivity contribution in [3.8, 4) is 0 Å². The fraction of sp³-hybridized carbons (Fsp3) is 0.143. The predicted octanol–water partition coefficient (Wildman–Crippen LogP) is 3.18. The van der Waals surface area contributed by atoms with Gasteiger partial charge in [0, 0.05) is 24.1 Å². The molecule has 116 valence electrons. The Bertz CT molecular complexity index is 808. The highest BCUT2D eigenvalue weighted by atomic mass is 79.9. The lowest BCUT2D eigenvalue weighted by molar-refractivity contribution is -0.387. The van der Waals surface area contributed by atoms with Gasteiger partial charge in [0.05, 0.1) is 4.92 Å². The number of nitrogens with zero attached hydrogens (tertiary/aromatic N) is 2. The highest BCUT2D eigenvalue weighted by Gasteiger charge is 2.29. The van der Waals surface area contributed by atoms with Crippen molar-refractivity contribution < 1.29 is 13.3 Å². The maximum absolute atomic E-state index is 12.6. The second kappa shape index (κ2) is 6.55. The van der Waals surface area contributed by atoms with Gasteiger partial charge in [-0.15, -0.1) is 0 Å². The minimum Gasteiger partial charge on any atom is -0.258 e. The van der Waals surface area contributed by atoms with E-state index in [0.29, 0.717) is 0 Å². The Kier molecular flexibility index (Phi) is 4.94. The van der Waals surface area contributed by atoms with Crippen LogP contribution in [0.4, 0.5) is 5.69 Å². The summed E-state index contributed by atoms with van der Waals surface area (Å²) in [4.78, 5) is 10.0. The molecule has 0 saturated carbocycles. The predicted molar refractivity (Wildman–Crippen MR) is 85.9 cm³/mol. The van der Waals surface area contributed by atoms with Crippen molar-refractivity contribution in [1.82, 2.24) is 4.31 Å². The van der Waals surface area contributed by atoms with Gasteiger partial charge in [0.1, 0.15) is 0 Å². The van der Waals surface area contributed by atoms with Crippen LogP contribution >= 0.6 is 15.9 Å². The van der Waals surface area contributed by atoms with Crippen LogP contribution in [-0.4, -0.2) is 24.7 Å². The van der Waals surface area contributed by atoms with Gasteiger partial charge in [-0.2, -0.15) is 4.31 Å². The van der Waals surface area contributed by atoms with E-state index in [1.807, 2.05) is 6.07 Å². The quantitative estimate of drug-likeness (QED) is 0.585. The first-order valence-electron chi connectivity index (χ1n) is 6.27. The number of nitro groups is 1. The number of sulfonamides is 1. The monoisotopic (exact) mass is 384 g/mol. The molecule has 0 N–H and O–H groups in total. The first-order valence-corrected chi connectivity index (χ1v) is 8.50. The minimum absolute atomic E-state index is 0.107. The zero-order chi connectivity index (χ0) is 16.3. The lowest BCUT2D eigenvalue weighted by atomic mass is 10.2. The van der Waals surface area contributed by atoms with E-state index in [0.717, 1.165) is 14.3 Å². The summed E-state index contributed by atoms with van der Waals surface area (Å²) >= 11 is 3.36. The van der Waals surface area contributed by atoms with E-state index in [2.05, 4.69) is 15.9 Å². The van der Waals surface area contributed by atoms with Gasteiger partial charge in [0.25, 0.3) is 5.69 Å². The molecular formula is C14H13BrN2O4S. The van der Waals surface area contributed by atoms with E-state index in [1.165, 1.54) is 31.3 Å². The van der Waals surface area contributed by atoms with Crippen LogP contribution in [0, 0.1) is 10.1 Å². The molecule has 0 heterocycles. The highest BCUT2D eigenvalue weighted by molar-refractivity contribution is 9.10. The highest BCUT2D eigenvalue weighted by Crippen LogP contribution is 2.27. The molecule has 0 bridgehead atoms. The van der Waals surface area contributed by atoms with E-state index in [-0.39, 0.29) is 11.4 Å². The number of benzene rings is 2. The average Bonchev–Trinajstić information content (AvgIpc) is 2.49. The van der Waals surface area contributed by atoms with Crippen LogP contribution in [0.2, 0.25) is 0 Å². The van der Waals surface area contributed by atoms with Crippen LogP contribution in [0.25, 0.3) is 0 Å². The summed E-state index contributed by atoms with van der Waals surface area (Å²) in [6.07, 6.45) is 0. The standard InChI is InChI=1S/C14H13BrN2O4S/c1-16(10-11-6-2-3-7-12(11)15)22(20,21)14-9-5-4-8-13(14)17(18)19/h2-9H,10H2,1H3. The molecule has 0 aromatic heterocycles. The van der Waals surface area contributed by atoms with Gasteiger partial charge in [-0.05, 0) is 17.7 Å². The fourth-order valence-corrected chi connectivity index (χ4v) is 3.66. The third-order valence-electron chi connectivity index (χ3n) is 3.10. The lowest BCUT2D eigenvalue weighted by Crippen LogP contribution is -2.27. The van der Waals surface area contributed by atoms with Crippen molar-refractivity contribution >= 4 is 31.6 Å². The molecule has 0 radical (unpaired) electrons. The largest absolute Gasteiger partial charge is 0.289 e. The summed E-state index contributed by atoms with van der Waals surface area (Å²) in [5.74, 6) is 0. The molecule has 2 aromatic carbocycles. The Morgan fingerprint density at radius 2 is 1.73 bits per heavy atom. The van der Waals surface area contributed by atoms with E-state index >= 15 is 0 Å². The molecule has 0 atom stereocenters. The molecule has 0 unspecified atom stereocenters. The van der Waals surface area contributed by atoms with Gasteiger partial charge in [-0.25, -0.2) is 8.42 Å². The van der Waals surface area contributed by atoms with Crippen LogP contribution < -0.4 is 0 Å². The molecule has 0 saturated heterocycles. The van der Waals surface area contributed by atoms with Crippen molar-refractivity contribution in [2.75, 3.05) is 7.05 Å². The van der Waals surface area contributed by atoms with Crippen molar-refractivity contribution in [1.29, 1.82) is 0 Å². The molecule has 6 nitrogen and oxygen atoms in total. The molecule has 0 aliphatic rings. The third-order valence-corrected chi connectivity index (χ3v) is 5.73. The molecule has 0 aliphatic carbocycles. The zero-order valence-electron chi connectivity index (χ0n) is 11.6. The van der Waals surface area contributed by atoms with E-state index in [9.17, 15) is 18.5 Å². The van der Waals surface area contributed by atoms with Crippen molar-refractivity contribution in [2.24, 2.45) is 0 Å². The minimum atomic E-state index is -3.96. The van der Waals surface area contributed by atoms with Gasteiger partial charge < -0.3 is 0 Å². The SMILES string of the molecule is CN(Cc1ccccc1Br)S(=O)(=O)c1ccccc1[N+](=O)[O-]. The Hall–Kier alpha value is -1.77. The van der Waals surface area contributed by atoms with Crippen molar-refractivity contribution in [2.45, 2.75) is 11.4 Å². The Balaban J connectivity index is 2.39. The van der Waals surface area contributed by atoms with E-state index < -0.39 is 20.6 Å². The van der Waals surface area contributed by atoms with Crippen LogP contribution in [0.15, 0.2) is 57.9 Å². The van der Waals surface area contributed by atoms with Gasteiger partial charge in [0.2, 0.25) is 10.0 Å². The van der Waals surface area contributed by atoms with Crippen molar-refractivity contribution in [3.05, 3.63) is 68.7 Å². The second-order valence-corrected chi connectivity index (χ2v) is 7.44. The van der Waals surface area contributed by atoms with E-state index in [1.54, 1.807) is 18.2 Å². The zero-order valence-corrected chi connectivity index (χ0v) is 14.0. The van der Waals surface area contributed by atoms with Crippen LogP contribution in [0.5, 0.6) is 0 Å². The number of halogens is 1. The molecular weight excluding hydrogens is 372 g/mol. The molecule has 2 rings (SSSR count). The second-order valence-electron chi connectivity index (χ2n) is 4.58. The van der Waals surface area contributed by atoms with Gasteiger partial charge in [-0.1, -0.05) is 46.3 Å². The number of hydrogen-bond donors (Lipinski definition) is 0. The number of hydrogen-bond acceptors (Lipinski definition) is 4. The fourth-order valence-electron chi connectivity index (χ4n) is 1.95. The molecule has 0 amide bonds. The third kappa shape index (κ3) is 3.34. The summed E-state index contributed by atoms with van der Waals surface area (Å²) in [6, 6.07) is 12.5. The van der Waals surface area contributed by atoms with E-state index in [4.69, 9.17) is 0 Å². The lowest BCUT2D eigenvalue weighted by Gasteiger charge is -2.18. The summed E-state index contributed by atoms with van der Waals surface area (Å²) in [7, 11) is -2.56. The number of para-hydroxylation sites is 1. The normalized spacial score (nSPS) is 11.6. The molecule has 2 aromatic rings. The summed E-state index contributed by atoms with van der Waals surface area (Å²) in [5.41, 5.74) is 0.341. The molecule has 0 spiro atoms. The molecule has 8 heteroatoms. The van der Waals surface area contributed by atoms with Gasteiger partial charge in [0.15, 0.2) is 4.90 Å². The summed E-state index contributed by atoms with van der Waals surface area (Å²) in [6.45, 7) is 0.107. The smallest absolute Gasteiger partial charge is 0.258 e. The Morgan fingerprint density at radius 1 is 1.14 bits per heavy atom. The Morgan fingerprint density at radius 3 is 2.36 bits per heavy atom.